The van der Waals surface area contributed by atoms with E-state index in [0.29, 0.717) is 10.2 Å². The van der Waals surface area contributed by atoms with E-state index in [0.717, 1.165) is 5.56 Å². The second kappa shape index (κ2) is 7.98. The number of hydroxylamine groups is 1. The molecule has 0 aliphatic heterocycles. The van der Waals surface area contributed by atoms with Gasteiger partial charge in [0.1, 0.15) is 4.90 Å². The van der Waals surface area contributed by atoms with Crippen LogP contribution in [0, 0.1) is 0 Å². The molecular weight excluding hydrogens is 388 g/mol. The Hall–Kier alpha value is -1.93. The molecule has 146 valence electrons. The van der Waals surface area contributed by atoms with Crippen molar-refractivity contribution in [1.82, 2.24) is 4.47 Å². The van der Waals surface area contributed by atoms with E-state index in [1.165, 1.54) is 32.4 Å². The minimum absolute atomic E-state index is 0.00513. The summed E-state index contributed by atoms with van der Waals surface area (Å²) in [6, 6.07) is 11.6. The van der Waals surface area contributed by atoms with Crippen molar-refractivity contribution < 1.29 is 18.0 Å². The Kier molecular flexibility index (Phi) is 6.32. The normalized spacial score (nSPS) is 12.3. The SMILES string of the molecule is CON(C)S(=O)(=O)c1cc(C(=O)Nc2ccccc2C(C)(C)C)ccc1Cl. The van der Waals surface area contributed by atoms with Crippen LogP contribution >= 0.6 is 11.6 Å². The zero-order valence-corrected chi connectivity index (χ0v) is 17.5. The van der Waals surface area contributed by atoms with E-state index >= 15 is 0 Å². The molecule has 2 rings (SSSR count). The second-order valence-electron chi connectivity index (χ2n) is 6.99. The first kappa shape index (κ1) is 21.4. The third kappa shape index (κ3) is 4.68. The maximum absolute atomic E-state index is 12.7. The van der Waals surface area contributed by atoms with Gasteiger partial charge in [0.25, 0.3) is 15.9 Å². The fourth-order valence-corrected chi connectivity index (χ4v) is 3.99. The predicted octanol–water partition coefficient (Wildman–Crippen LogP) is 4.07. The number of amides is 1. The molecule has 2 aromatic rings. The highest BCUT2D eigenvalue weighted by Gasteiger charge is 2.26. The molecule has 0 saturated carbocycles. The van der Waals surface area contributed by atoms with Crippen molar-refractivity contribution in [3.63, 3.8) is 0 Å². The van der Waals surface area contributed by atoms with Crippen molar-refractivity contribution >= 4 is 33.2 Å². The van der Waals surface area contributed by atoms with Crippen molar-refractivity contribution in [2.45, 2.75) is 31.1 Å². The Bertz CT molecular complexity index is 952. The van der Waals surface area contributed by atoms with E-state index < -0.39 is 15.9 Å². The molecular formula is C19H23ClN2O4S. The second-order valence-corrected chi connectivity index (χ2v) is 9.30. The van der Waals surface area contributed by atoms with Crippen LogP contribution in [0.15, 0.2) is 47.4 Å². The number of nitrogens with one attached hydrogen (secondary N) is 1. The van der Waals surface area contributed by atoms with Crippen LogP contribution in [0.1, 0.15) is 36.7 Å². The molecule has 0 atom stereocenters. The third-order valence-electron chi connectivity index (χ3n) is 4.05. The van der Waals surface area contributed by atoms with E-state index in [4.69, 9.17) is 16.4 Å². The van der Waals surface area contributed by atoms with Gasteiger partial charge in [-0.1, -0.05) is 55.0 Å². The van der Waals surface area contributed by atoms with Crippen molar-refractivity contribution in [3.05, 3.63) is 58.6 Å². The van der Waals surface area contributed by atoms with Gasteiger partial charge >= 0.3 is 0 Å². The fraction of sp³-hybridized carbons (Fsp3) is 0.316. The lowest BCUT2D eigenvalue weighted by atomic mass is 9.86. The minimum Gasteiger partial charge on any atom is -0.322 e. The summed E-state index contributed by atoms with van der Waals surface area (Å²) in [4.78, 5) is 17.3. The highest BCUT2D eigenvalue weighted by molar-refractivity contribution is 7.89. The summed E-state index contributed by atoms with van der Waals surface area (Å²) in [5.74, 6) is -0.431. The standard InChI is InChI=1S/C19H23ClN2O4S/c1-19(2,3)14-8-6-7-9-16(14)21-18(23)13-10-11-15(20)17(12-13)27(24,25)22(4)26-5/h6-12H,1-5H3,(H,21,23). The first-order valence-corrected chi connectivity index (χ1v) is 10.0. The minimum atomic E-state index is -3.98. The number of para-hydroxylation sites is 1. The average molecular weight is 411 g/mol. The Morgan fingerprint density at radius 2 is 1.78 bits per heavy atom. The Morgan fingerprint density at radius 3 is 2.37 bits per heavy atom. The van der Waals surface area contributed by atoms with Gasteiger partial charge in [-0.2, -0.15) is 0 Å². The Labute approximate surface area is 165 Å². The highest BCUT2D eigenvalue weighted by Crippen LogP contribution is 2.30. The third-order valence-corrected chi connectivity index (χ3v) is 6.21. The number of carbonyl (C=O) groups excluding carboxylic acids is 1. The Morgan fingerprint density at radius 1 is 1.15 bits per heavy atom. The van der Waals surface area contributed by atoms with Gasteiger partial charge in [-0.25, -0.2) is 8.42 Å². The molecule has 8 heteroatoms. The van der Waals surface area contributed by atoms with Gasteiger partial charge in [0.05, 0.1) is 12.1 Å². The first-order valence-electron chi connectivity index (χ1n) is 8.22. The van der Waals surface area contributed by atoms with E-state index in [-0.39, 0.29) is 20.9 Å². The number of hydrogen-bond donors (Lipinski definition) is 1. The van der Waals surface area contributed by atoms with Gasteiger partial charge < -0.3 is 5.32 Å². The zero-order chi connectivity index (χ0) is 20.4. The van der Waals surface area contributed by atoms with Crippen LogP contribution in [-0.4, -0.2) is 33.0 Å². The number of rotatable bonds is 5. The van der Waals surface area contributed by atoms with E-state index in [9.17, 15) is 13.2 Å². The van der Waals surface area contributed by atoms with Crippen molar-refractivity contribution in [1.29, 1.82) is 0 Å². The summed E-state index contributed by atoms with van der Waals surface area (Å²) >= 11 is 6.04. The molecule has 0 aliphatic rings. The Balaban J connectivity index is 2.41. The van der Waals surface area contributed by atoms with Gasteiger partial charge in [-0.15, -0.1) is 0 Å². The summed E-state index contributed by atoms with van der Waals surface area (Å²) in [7, 11) is -1.51. The smallest absolute Gasteiger partial charge is 0.266 e. The summed E-state index contributed by atoms with van der Waals surface area (Å²) < 4.78 is 25.7. The molecule has 1 amide bonds. The number of carbonyl (C=O) groups is 1. The number of anilines is 1. The molecule has 0 spiro atoms. The van der Waals surface area contributed by atoms with E-state index in [1.54, 1.807) is 0 Å². The number of benzene rings is 2. The number of nitrogens with zero attached hydrogens (tertiary/aromatic N) is 1. The molecule has 0 fully saturated rings. The molecule has 0 heterocycles. The van der Waals surface area contributed by atoms with Gasteiger partial charge in [-0.3, -0.25) is 9.63 Å². The number of hydrogen-bond acceptors (Lipinski definition) is 4. The van der Waals surface area contributed by atoms with Gasteiger partial charge in [-0.05, 0) is 35.2 Å². The number of halogens is 1. The van der Waals surface area contributed by atoms with E-state index in [1.807, 2.05) is 45.0 Å². The molecule has 0 aliphatic carbocycles. The predicted molar refractivity (Wildman–Crippen MR) is 107 cm³/mol. The molecule has 1 N–H and O–H groups in total. The molecule has 0 bridgehead atoms. The van der Waals surface area contributed by atoms with Crippen molar-refractivity contribution in [3.8, 4) is 0 Å². The molecule has 6 nitrogen and oxygen atoms in total. The largest absolute Gasteiger partial charge is 0.322 e. The lowest BCUT2D eigenvalue weighted by molar-refractivity contribution is -0.0258. The van der Waals surface area contributed by atoms with Crippen LogP contribution in [0.2, 0.25) is 5.02 Å². The molecule has 0 saturated heterocycles. The molecule has 0 radical (unpaired) electrons. The van der Waals surface area contributed by atoms with Crippen LogP contribution in [0.4, 0.5) is 5.69 Å². The quantitative estimate of drug-likeness (QED) is 0.754. The van der Waals surface area contributed by atoms with Crippen molar-refractivity contribution in [2.24, 2.45) is 0 Å². The topological polar surface area (TPSA) is 75.7 Å². The molecule has 0 unspecified atom stereocenters. The summed E-state index contributed by atoms with van der Waals surface area (Å²) in [6.45, 7) is 6.14. The zero-order valence-electron chi connectivity index (χ0n) is 15.9. The maximum Gasteiger partial charge on any atom is 0.266 e. The lowest BCUT2D eigenvalue weighted by Gasteiger charge is -2.23. The summed E-state index contributed by atoms with van der Waals surface area (Å²) in [6.07, 6.45) is 0. The first-order chi connectivity index (χ1) is 12.5. The van der Waals surface area contributed by atoms with Gasteiger partial charge in [0, 0.05) is 18.3 Å². The lowest BCUT2D eigenvalue weighted by Crippen LogP contribution is -2.26. The van der Waals surface area contributed by atoms with Crippen molar-refractivity contribution in [2.75, 3.05) is 19.5 Å². The van der Waals surface area contributed by atoms with Crippen LogP contribution in [0.3, 0.4) is 0 Å². The monoisotopic (exact) mass is 410 g/mol. The van der Waals surface area contributed by atoms with Crippen LogP contribution in [0.5, 0.6) is 0 Å². The highest BCUT2D eigenvalue weighted by atomic mass is 35.5. The van der Waals surface area contributed by atoms with Crippen LogP contribution < -0.4 is 5.32 Å². The molecule has 0 aromatic heterocycles. The van der Waals surface area contributed by atoms with Crippen LogP contribution in [0.25, 0.3) is 0 Å². The van der Waals surface area contributed by atoms with E-state index in [2.05, 4.69) is 5.32 Å². The molecule has 27 heavy (non-hydrogen) atoms. The fourth-order valence-electron chi connectivity index (χ4n) is 2.52. The summed E-state index contributed by atoms with van der Waals surface area (Å²) in [5, 5.41) is 2.86. The molecule has 2 aromatic carbocycles. The van der Waals surface area contributed by atoms with Gasteiger partial charge in [0.15, 0.2) is 0 Å². The summed E-state index contributed by atoms with van der Waals surface area (Å²) in [5.41, 5.74) is 1.65. The maximum atomic E-state index is 12.7. The van der Waals surface area contributed by atoms with Gasteiger partial charge in [0.2, 0.25) is 0 Å². The average Bonchev–Trinajstić information content (AvgIpc) is 2.60. The number of sulfonamides is 1. The van der Waals surface area contributed by atoms with Crippen LogP contribution in [-0.2, 0) is 20.3 Å².